The van der Waals surface area contributed by atoms with Gasteiger partial charge in [0.1, 0.15) is 0 Å². The largest absolute Gasteiger partial charge is 0.380 e. The fraction of sp³-hybridized carbons (Fsp3) is 0.583. The summed E-state index contributed by atoms with van der Waals surface area (Å²) < 4.78 is 5.44. The van der Waals surface area contributed by atoms with Crippen LogP contribution in [0.1, 0.15) is 30.5 Å². The highest BCUT2D eigenvalue weighted by Gasteiger charge is 2.30. The van der Waals surface area contributed by atoms with Crippen molar-refractivity contribution in [3.63, 3.8) is 0 Å². The summed E-state index contributed by atoms with van der Waals surface area (Å²) in [5, 5.41) is 0. The number of nitrogens with one attached hydrogen (secondary N) is 1. The molecule has 16 heavy (non-hydrogen) atoms. The van der Waals surface area contributed by atoms with E-state index < -0.39 is 0 Å². The zero-order valence-electron chi connectivity index (χ0n) is 9.65. The molecule has 3 N–H and O–H groups in total. The Morgan fingerprint density at radius 2 is 2.56 bits per heavy atom. The Bertz CT molecular complexity index is 343. The van der Waals surface area contributed by atoms with Crippen LogP contribution in [0, 0.1) is 0 Å². The van der Waals surface area contributed by atoms with Crippen LogP contribution in [0.25, 0.3) is 0 Å². The molecule has 0 spiro atoms. The van der Waals surface area contributed by atoms with Crippen LogP contribution in [-0.2, 0) is 11.2 Å². The number of pyridine rings is 1. The molecule has 4 nitrogen and oxygen atoms in total. The lowest BCUT2D eigenvalue weighted by Crippen LogP contribution is -2.42. The minimum Gasteiger partial charge on any atom is -0.380 e. The van der Waals surface area contributed by atoms with E-state index >= 15 is 0 Å². The standard InChI is InChI=1S/C12H19N3O/c1-2-16-8-11(15-13)10-6-5-9-4-3-7-14-12(9)10/h3-4,7,10-11,15H,2,5-6,8,13H2,1H3. The molecule has 4 heteroatoms. The maximum absolute atomic E-state index is 5.59. The second-order valence-corrected chi connectivity index (χ2v) is 4.13. The summed E-state index contributed by atoms with van der Waals surface area (Å²) >= 11 is 0. The van der Waals surface area contributed by atoms with E-state index in [4.69, 9.17) is 10.6 Å². The quantitative estimate of drug-likeness (QED) is 0.575. The molecule has 1 aromatic heterocycles. The third kappa shape index (κ3) is 2.24. The average molecular weight is 221 g/mol. The topological polar surface area (TPSA) is 60.2 Å². The molecule has 88 valence electrons. The first-order chi connectivity index (χ1) is 7.86. The highest BCUT2D eigenvalue weighted by Crippen LogP contribution is 2.33. The summed E-state index contributed by atoms with van der Waals surface area (Å²) in [6.07, 6.45) is 4.05. The predicted octanol–water partition coefficient (Wildman–Crippen LogP) is 0.980. The first-order valence-corrected chi connectivity index (χ1v) is 5.84. The minimum atomic E-state index is 0.163. The Labute approximate surface area is 96.2 Å². The molecule has 1 heterocycles. The lowest BCUT2D eigenvalue weighted by atomic mass is 9.98. The molecule has 1 aliphatic carbocycles. The Kier molecular flexibility index (Phi) is 3.88. The number of hydrogen-bond donors (Lipinski definition) is 2. The van der Waals surface area contributed by atoms with E-state index in [1.54, 1.807) is 0 Å². The van der Waals surface area contributed by atoms with Crippen LogP contribution in [0.4, 0.5) is 0 Å². The van der Waals surface area contributed by atoms with Crippen molar-refractivity contribution in [1.29, 1.82) is 0 Å². The van der Waals surface area contributed by atoms with E-state index in [-0.39, 0.29) is 6.04 Å². The number of aromatic nitrogens is 1. The number of nitrogens with zero attached hydrogens (tertiary/aromatic N) is 1. The van der Waals surface area contributed by atoms with Crippen molar-refractivity contribution in [2.24, 2.45) is 5.84 Å². The van der Waals surface area contributed by atoms with Gasteiger partial charge in [-0.25, -0.2) is 0 Å². The molecule has 1 aliphatic rings. The first-order valence-electron chi connectivity index (χ1n) is 5.84. The third-order valence-electron chi connectivity index (χ3n) is 3.20. The average Bonchev–Trinajstić information content (AvgIpc) is 2.75. The molecule has 2 unspecified atom stereocenters. The molecule has 0 amide bonds. The number of fused-ring (bicyclic) bond motifs is 1. The monoisotopic (exact) mass is 221 g/mol. The lowest BCUT2D eigenvalue weighted by Gasteiger charge is -2.22. The summed E-state index contributed by atoms with van der Waals surface area (Å²) in [5.41, 5.74) is 5.39. The summed E-state index contributed by atoms with van der Waals surface area (Å²) in [6.45, 7) is 3.36. The van der Waals surface area contributed by atoms with Crippen molar-refractivity contribution in [2.75, 3.05) is 13.2 Å². The summed E-state index contributed by atoms with van der Waals surface area (Å²) in [4.78, 5) is 4.47. The molecule has 0 aliphatic heterocycles. The molecular weight excluding hydrogens is 202 g/mol. The van der Waals surface area contributed by atoms with Crippen molar-refractivity contribution >= 4 is 0 Å². The van der Waals surface area contributed by atoms with Crippen LogP contribution in [0.15, 0.2) is 18.3 Å². The van der Waals surface area contributed by atoms with Crippen LogP contribution in [0.2, 0.25) is 0 Å². The molecule has 1 aromatic rings. The van der Waals surface area contributed by atoms with Crippen LogP contribution in [-0.4, -0.2) is 24.2 Å². The first kappa shape index (κ1) is 11.5. The van der Waals surface area contributed by atoms with E-state index in [9.17, 15) is 0 Å². The van der Waals surface area contributed by atoms with Crippen LogP contribution >= 0.6 is 0 Å². The molecule has 0 bridgehead atoms. The van der Waals surface area contributed by atoms with Gasteiger partial charge in [-0.05, 0) is 31.4 Å². The maximum atomic E-state index is 5.59. The Morgan fingerprint density at radius 1 is 1.69 bits per heavy atom. The van der Waals surface area contributed by atoms with Gasteiger partial charge < -0.3 is 4.74 Å². The Morgan fingerprint density at radius 3 is 3.31 bits per heavy atom. The van der Waals surface area contributed by atoms with Gasteiger partial charge in [0.2, 0.25) is 0 Å². The predicted molar refractivity (Wildman–Crippen MR) is 62.9 cm³/mol. The van der Waals surface area contributed by atoms with Crippen molar-refractivity contribution < 1.29 is 4.74 Å². The van der Waals surface area contributed by atoms with E-state index in [1.165, 1.54) is 11.3 Å². The Balaban J connectivity index is 2.10. The van der Waals surface area contributed by atoms with Crippen molar-refractivity contribution in [1.82, 2.24) is 10.4 Å². The van der Waals surface area contributed by atoms with Crippen molar-refractivity contribution in [2.45, 2.75) is 31.7 Å². The summed E-state index contributed by atoms with van der Waals surface area (Å²) in [5.74, 6) is 5.97. The molecule has 2 atom stereocenters. The zero-order valence-corrected chi connectivity index (χ0v) is 9.65. The van der Waals surface area contributed by atoms with Gasteiger partial charge in [0, 0.05) is 24.4 Å². The molecule has 0 aromatic carbocycles. The number of hydrogen-bond acceptors (Lipinski definition) is 4. The van der Waals surface area contributed by atoms with Gasteiger partial charge in [0.25, 0.3) is 0 Å². The molecule has 0 saturated heterocycles. The van der Waals surface area contributed by atoms with Gasteiger partial charge in [-0.15, -0.1) is 0 Å². The van der Waals surface area contributed by atoms with E-state index in [0.29, 0.717) is 12.5 Å². The molecule has 0 radical (unpaired) electrons. The van der Waals surface area contributed by atoms with Crippen molar-refractivity contribution in [3.05, 3.63) is 29.6 Å². The maximum Gasteiger partial charge on any atom is 0.0639 e. The van der Waals surface area contributed by atoms with Gasteiger partial charge in [-0.2, -0.15) is 0 Å². The van der Waals surface area contributed by atoms with E-state index in [2.05, 4.69) is 16.5 Å². The van der Waals surface area contributed by atoms with Gasteiger partial charge in [-0.1, -0.05) is 6.07 Å². The molecule has 0 fully saturated rings. The Hall–Kier alpha value is -0.970. The minimum absolute atomic E-state index is 0.163. The number of aryl methyl sites for hydroxylation is 1. The molecule has 0 saturated carbocycles. The third-order valence-corrected chi connectivity index (χ3v) is 3.20. The van der Waals surface area contributed by atoms with Gasteiger partial charge >= 0.3 is 0 Å². The summed E-state index contributed by atoms with van der Waals surface area (Å²) in [6, 6.07) is 4.31. The van der Waals surface area contributed by atoms with Crippen molar-refractivity contribution in [3.8, 4) is 0 Å². The van der Waals surface area contributed by atoms with E-state index in [1.807, 2.05) is 19.2 Å². The van der Waals surface area contributed by atoms with Gasteiger partial charge in [0.05, 0.1) is 12.6 Å². The fourth-order valence-corrected chi connectivity index (χ4v) is 2.36. The fourth-order valence-electron chi connectivity index (χ4n) is 2.36. The van der Waals surface area contributed by atoms with Gasteiger partial charge in [-0.3, -0.25) is 16.3 Å². The van der Waals surface area contributed by atoms with Crippen LogP contribution in [0.3, 0.4) is 0 Å². The second kappa shape index (κ2) is 5.39. The zero-order chi connectivity index (χ0) is 11.4. The molecule has 2 rings (SSSR count). The second-order valence-electron chi connectivity index (χ2n) is 4.13. The highest BCUT2D eigenvalue weighted by atomic mass is 16.5. The number of hydrazine groups is 1. The van der Waals surface area contributed by atoms with E-state index in [0.717, 1.165) is 19.4 Å². The van der Waals surface area contributed by atoms with Gasteiger partial charge in [0.15, 0.2) is 0 Å². The highest BCUT2D eigenvalue weighted by molar-refractivity contribution is 5.29. The number of rotatable bonds is 5. The SMILES string of the molecule is CCOCC(NN)C1CCc2cccnc21. The number of ether oxygens (including phenoxy) is 1. The van der Waals surface area contributed by atoms with Crippen LogP contribution in [0.5, 0.6) is 0 Å². The lowest BCUT2D eigenvalue weighted by molar-refractivity contribution is 0.113. The summed E-state index contributed by atoms with van der Waals surface area (Å²) in [7, 11) is 0. The smallest absolute Gasteiger partial charge is 0.0639 e. The normalized spacial score (nSPS) is 20.8. The van der Waals surface area contributed by atoms with Crippen LogP contribution < -0.4 is 11.3 Å². The molecular formula is C12H19N3O. The number of nitrogens with two attached hydrogens (primary N) is 1.